The average molecular weight is 226 g/mol. The van der Waals surface area contributed by atoms with Gasteiger partial charge >= 0.3 is 0 Å². The molecular formula is C12H10N4O. The van der Waals surface area contributed by atoms with Gasteiger partial charge < -0.3 is 4.74 Å². The zero-order valence-electron chi connectivity index (χ0n) is 8.95. The molecule has 84 valence electrons. The van der Waals surface area contributed by atoms with E-state index in [1.807, 2.05) is 24.3 Å². The fourth-order valence-electron chi connectivity index (χ4n) is 1.59. The third-order valence-electron chi connectivity index (χ3n) is 2.45. The molecule has 0 radical (unpaired) electrons. The summed E-state index contributed by atoms with van der Waals surface area (Å²) in [6, 6.07) is 7.50. The summed E-state index contributed by atoms with van der Waals surface area (Å²) in [4.78, 5) is 7.92. The number of rotatable bonds is 2. The molecule has 0 fully saturated rings. The standard InChI is InChI=1S/C12H10N4O/c1-5-13-6-2-9(1)11-15-16-12(17-11)10-3-7-14-8-4-10/h1-8,11,15H. The Morgan fingerprint density at radius 1 is 0.941 bits per heavy atom. The number of hydrogen-bond acceptors (Lipinski definition) is 5. The zero-order chi connectivity index (χ0) is 11.5. The Morgan fingerprint density at radius 3 is 2.29 bits per heavy atom. The van der Waals surface area contributed by atoms with E-state index in [9.17, 15) is 0 Å². The SMILES string of the molecule is c1cc(C2=NNC(c3ccncc3)O2)ccn1. The molecule has 0 bridgehead atoms. The van der Waals surface area contributed by atoms with E-state index >= 15 is 0 Å². The summed E-state index contributed by atoms with van der Waals surface area (Å²) < 4.78 is 5.72. The summed E-state index contributed by atoms with van der Waals surface area (Å²) in [6.45, 7) is 0. The van der Waals surface area contributed by atoms with Crippen molar-refractivity contribution in [2.45, 2.75) is 6.23 Å². The molecule has 0 saturated carbocycles. The van der Waals surface area contributed by atoms with Crippen molar-refractivity contribution in [3.63, 3.8) is 0 Å². The van der Waals surface area contributed by atoms with Crippen LogP contribution in [0.25, 0.3) is 0 Å². The molecule has 0 aromatic carbocycles. The zero-order valence-corrected chi connectivity index (χ0v) is 8.95. The van der Waals surface area contributed by atoms with Crippen LogP contribution in [0.4, 0.5) is 0 Å². The molecule has 5 heteroatoms. The van der Waals surface area contributed by atoms with Crippen LogP contribution in [0.3, 0.4) is 0 Å². The maximum atomic E-state index is 5.72. The molecule has 3 rings (SSSR count). The molecule has 1 aliphatic rings. The normalized spacial score (nSPS) is 18.1. The second-order valence-corrected chi connectivity index (χ2v) is 3.56. The molecule has 1 aliphatic heterocycles. The first-order chi connectivity index (χ1) is 8.43. The third-order valence-corrected chi connectivity index (χ3v) is 2.45. The highest BCUT2D eigenvalue weighted by atomic mass is 16.5. The Balaban J connectivity index is 1.78. The predicted octanol–water partition coefficient (Wildman–Crippen LogP) is 1.46. The van der Waals surface area contributed by atoms with Gasteiger partial charge in [0.15, 0.2) is 0 Å². The van der Waals surface area contributed by atoms with E-state index < -0.39 is 0 Å². The van der Waals surface area contributed by atoms with E-state index in [2.05, 4.69) is 20.5 Å². The van der Waals surface area contributed by atoms with Crippen LogP contribution in [0.2, 0.25) is 0 Å². The molecule has 2 aromatic rings. The van der Waals surface area contributed by atoms with Gasteiger partial charge in [-0.25, -0.2) is 0 Å². The Kier molecular flexibility index (Phi) is 2.42. The monoisotopic (exact) mass is 226 g/mol. The van der Waals surface area contributed by atoms with Gasteiger partial charge in [-0.15, -0.1) is 5.10 Å². The maximum Gasteiger partial charge on any atom is 0.240 e. The quantitative estimate of drug-likeness (QED) is 0.842. The van der Waals surface area contributed by atoms with Crippen molar-refractivity contribution in [3.8, 4) is 0 Å². The maximum absolute atomic E-state index is 5.72. The number of nitrogens with one attached hydrogen (secondary N) is 1. The van der Waals surface area contributed by atoms with Gasteiger partial charge in [-0.3, -0.25) is 15.4 Å². The Morgan fingerprint density at radius 2 is 1.59 bits per heavy atom. The molecule has 5 nitrogen and oxygen atoms in total. The van der Waals surface area contributed by atoms with Gasteiger partial charge in [0.05, 0.1) is 0 Å². The first-order valence-corrected chi connectivity index (χ1v) is 5.24. The van der Waals surface area contributed by atoms with Gasteiger partial charge in [0.25, 0.3) is 0 Å². The summed E-state index contributed by atoms with van der Waals surface area (Å²) in [5, 5.41) is 4.16. The number of ether oxygens (including phenoxy) is 1. The average Bonchev–Trinajstić information content (AvgIpc) is 2.90. The molecule has 0 saturated heterocycles. The van der Waals surface area contributed by atoms with Crippen LogP contribution in [0.5, 0.6) is 0 Å². The van der Waals surface area contributed by atoms with E-state index in [1.54, 1.807) is 24.8 Å². The molecule has 1 atom stereocenters. The minimum absolute atomic E-state index is 0.249. The predicted molar refractivity (Wildman–Crippen MR) is 62.0 cm³/mol. The van der Waals surface area contributed by atoms with Crippen LogP contribution in [-0.2, 0) is 4.74 Å². The Hall–Kier alpha value is -2.43. The molecule has 0 amide bonds. The van der Waals surface area contributed by atoms with Crippen LogP contribution in [0.15, 0.2) is 54.2 Å². The molecular weight excluding hydrogens is 216 g/mol. The molecule has 3 heterocycles. The van der Waals surface area contributed by atoms with E-state index in [0.717, 1.165) is 11.1 Å². The van der Waals surface area contributed by atoms with Crippen LogP contribution in [-0.4, -0.2) is 15.9 Å². The van der Waals surface area contributed by atoms with Crippen LogP contribution >= 0.6 is 0 Å². The number of nitrogens with zero attached hydrogens (tertiary/aromatic N) is 3. The van der Waals surface area contributed by atoms with E-state index in [1.165, 1.54) is 0 Å². The second-order valence-electron chi connectivity index (χ2n) is 3.56. The van der Waals surface area contributed by atoms with Gasteiger partial charge in [0.1, 0.15) is 0 Å². The van der Waals surface area contributed by atoms with Gasteiger partial charge in [0.2, 0.25) is 12.1 Å². The van der Waals surface area contributed by atoms with Crippen LogP contribution < -0.4 is 5.43 Å². The highest BCUT2D eigenvalue weighted by Gasteiger charge is 2.21. The first-order valence-electron chi connectivity index (χ1n) is 5.24. The smallest absolute Gasteiger partial charge is 0.240 e. The summed E-state index contributed by atoms with van der Waals surface area (Å²) in [5.74, 6) is 0.578. The number of aromatic nitrogens is 2. The van der Waals surface area contributed by atoms with Crippen molar-refractivity contribution in [1.29, 1.82) is 0 Å². The summed E-state index contributed by atoms with van der Waals surface area (Å²) in [6.07, 6.45) is 6.62. The Labute approximate surface area is 98.2 Å². The first kappa shape index (κ1) is 9.77. The lowest BCUT2D eigenvalue weighted by atomic mass is 10.2. The van der Waals surface area contributed by atoms with Gasteiger partial charge in [0, 0.05) is 35.9 Å². The largest absolute Gasteiger partial charge is 0.446 e. The molecule has 17 heavy (non-hydrogen) atoms. The van der Waals surface area contributed by atoms with E-state index in [0.29, 0.717) is 5.90 Å². The van der Waals surface area contributed by atoms with Gasteiger partial charge in [-0.1, -0.05) is 0 Å². The molecule has 1 N–H and O–H groups in total. The summed E-state index contributed by atoms with van der Waals surface area (Å²) in [7, 11) is 0. The number of hydrogen-bond donors (Lipinski definition) is 1. The number of hydrazone groups is 1. The van der Waals surface area contributed by atoms with Crippen molar-refractivity contribution in [2.24, 2.45) is 5.10 Å². The summed E-state index contributed by atoms with van der Waals surface area (Å²) in [5.41, 5.74) is 4.84. The number of pyridine rings is 2. The lowest BCUT2D eigenvalue weighted by Gasteiger charge is -2.10. The highest BCUT2D eigenvalue weighted by Crippen LogP contribution is 2.20. The third kappa shape index (κ3) is 1.94. The molecule has 1 unspecified atom stereocenters. The van der Waals surface area contributed by atoms with Crippen molar-refractivity contribution in [1.82, 2.24) is 15.4 Å². The second kappa shape index (κ2) is 4.21. The lowest BCUT2D eigenvalue weighted by Crippen LogP contribution is -2.12. The van der Waals surface area contributed by atoms with Crippen molar-refractivity contribution >= 4 is 5.90 Å². The fraction of sp³-hybridized carbons (Fsp3) is 0.0833. The van der Waals surface area contributed by atoms with Crippen molar-refractivity contribution in [3.05, 3.63) is 60.2 Å². The summed E-state index contributed by atoms with van der Waals surface area (Å²) >= 11 is 0. The van der Waals surface area contributed by atoms with Gasteiger partial charge in [-0.2, -0.15) is 0 Å². The van der Waals surface area contributed by atoms with Crippen molar-refractivity contribution in [2.75, 3.05) is 0 Å². The Bertz CT molecular complexity index is 527. The van der Waals surface area contributed by atoms with E-state index in [-0.39, 0.29) is 6.23 Å². The van der Waals surface area contributed by atoms with Crippen LogP contribution in [0.1, 0.15) is 17.4 Å². The van der Waals surface area contributed by atoms with Gasteiger partial charge in [-0.05, 0) is 24.3 Å². The molecule has 0 aliphatic carbocycles. The van der Waals surface area contributed by atoms with Crippen molar-refractivity contribution < 1.29 is 4.74 Å². The highest BCUT2D eigenvalue weighted by molar-refractivity contribution is 5.94. The minimum Gasteiger partial charge on any atom is -0.446 e. The van der Waals surface area contributed by atoms with Crippen LogP contribution in [0, 0.1) is 0 Å². The fourth-order valence-corrected chi connectivity index (χ4v) is 1.59. The molecule has 2 aromatic heterocycles. The molecule has 0 spiro atoms. The van der Waals surface area contributed by atoms with E-state index in [4.69, 9.17) is 4.74 Å². The minimum atomic E-state index is -0.249. The lowest BCUT2D eigenvalue weighted by molar-refractivity contribution is 0.191. The topological polar surface area (TPSA) is 59.4 Å².